The van der Waals surface area contributed by atoms with E-state index in [0.717, 1.165) is 24.3 Å². The van der Waals surface area contributed by atoms with Crippen molar-refractivity contribution in [3.8, 4) is 0 Å². The normalized spacial score (nSPS) is 13.0. The monoisotopic (exact) mass is 321 g/mol. The fraction of sp³-hybridized carbons (Fsp3) is 0.643. The first-order chi connectivity index (χ1) is 9.86. The Morgan fingerprint density at radius 1 is 1.24 bits per heavy atom. The van der Waals surface area contributed by atoms with E-state index >= 15 is 0 Å². The molecule has 0 spiro atoms. The van der Waals surface area contributed by atoms with Gasteiger partial charge in [-0.2, -0.15) is 24.9 Å². The van der Waals surface area contributed by atoms with E-state index < -0.39 is 11.7 Å². The van der Waals surface area contributed by atoms with Gasteiger partial charge >= 0.3 is 6.18 Å². The van der Waals surface area contributed by atoms with E-state index in [0.29, 0.717) is 19.0 Å². The van der Waals surface area contributed by atoms with E-state index in [-0.39, 0.29) is 11.6 Å². The number of pyridine rings is 1. The largest absolute Gasteiger partial charge is 0.416 e. The molecule has 0 aliphatic carbocycles. The lowest BCUT2D eigenvalue weighted by Crippen LogP contribution is -2.16. The number of nitrogens with zero attached hydrogens (tertiary/aromatic N) is 1. The van der Waals surface area contributed by atoms with E-state index in [2.05, 4.69) is 15.6 Å². The smallest absolute Gasteiger partial charge is 0.370 e. The number of anilines is 2. The average molecular weight is 321 g/mol. The molecule has 1 rings (SSSR count). The Morgan fingerprint density at radius 2 is 1.86 bits per heavy atom. The first-order valence-corrected chi connectivity index (χ1v) is 8.32. The van der Waals surface area contributed by atoms with E-state index in [1.54, 1.807) is 11.8 Å². The molecule has 0 saturated carbocycles. The molecule has 1 aromatic rings. The molecule has 3 nitrogen and oxygen atoms in total. The zero-order valence-corrected chi connectivity index (χ0v) is 13.4. The maximum Gasteiger partial charge on any atom is 0.416 e. The quantitative estimate of drug-likeness (QED) is 0.747. The Hall–Kier alpha value is -1.11. The average Bonchev–Trinajstić information content (AvgIpc) is 2.42. The van der Waals surface area contributed by atoms with Gasteiger partial charge in [-0.05, 0) is 36.5 Å². The predicted molar refractivity (Wildman–Crippen MR) is 84.1 cm³/mol. The summed E-state index contributed by atoms with van der Waals surface area (Å²) in [6.45, 7) is 5.19. The summed E-state index contributed by atoms with van der Waals surface area (Å²) in [6.07, 6.45) is -1.54. The molecular weight excluding hydrogens is 299 g/mol. The highest BCUT2D eigenvalue weighted by molar-refractivity contribution is 7.98. The second-order valence-corrected chi connectivity index (χ2v) is 5.90. The van der Waals surface area contributed by atoms with Gasteiger partial charge in [0.1, 0.15) is 11.6 Å². The van der Waals surface area contributed by atoms with E-state index in [4.69, 9.17) is 0 Å². The maximum atomic E-state index is 12.9. The molecule has 0 saturated heterocycles. The molecule has 2 N–H and O–H groups in total. The standard InChI is InChI=1S/C14H22F3N3S/c1-4-5-18-12-6-11(14(15,16)17)7-13(20-12)19-8-10(2)9-21-3/h6-7,10H,4-5,8-9H2,1-3H3,(H2,18,19,20). The van der Waals surface area contributed by atoms with Crippen molar-refractivity contribution in [1.29, 1.82) is 0 Å². The van der Waals surface area contributed by atoms with Gasteiger partial charge in [-0.3, -0.25) is 0 Å². The number of halogens is 3. The number of aromatic nitrogens is 1. The maximum absolute atomic E-state index is 12.9. The highest BCUT2D eigenvalue weighted by Crippen LogP contribution is 2.32. The van der Waals surface area contributed by atoms with Gasteiger partial charge in [-0.1, -0.05) is 13.8 Å². The molecule has 7 heteroatoms. The Kier molecular flexibility index (Phi) is 7.14. The minimum atomic E-state index is -4.37. The molecule has 1 aromatic heterocycles. The molecule has 0 radical (unpaired) electrons. The molecule has 0 bridgehead atoms. The predicted octanol–water partition coefficient (Wildman–Crippen LogP) is 4.33. The lowest BCUT2D eigenvalue weighted by molar-refractivity contribution is -0.137. The fourth-order valence-electron chi connectivity index (χ4n) is 1.75. The molecule has 0 aliphatic heterocycles. The van der Waals surface area contributed by atoms with Crippen LogP contribution in [0.25, 0.3) is 0 Å². The van der Waals surface area contributed by atoms with E-state index in [9.17, 15) is 13.2 Å². The third kappa shape index (κ3) is 6.46. The highest BCUT2D eigenvalue weighted by atomic mass is 32.2. The van der Waals surface area contributed by atoms with Crippen LogP contribution in [0.15, 0.2) is 12.1 Å². The van der Waals surface area contributed by atoms with Gasteiger partial charge in [0, 0.05) is 13.1 Å². The van der Waals surface area contributed by atoms with Crippen LogP contribution in [-0.4, -0.2) is 30.1 Å². The second kappa shape index (κ2) is 8.36. The fourth-order valence-corrected chi connectivity index (χ4v) is 2.44. The molecule has 0 aromatic carbocycles. The van der Waals surface area contributed by atoms with Crippen molar-refractivity contribution in [2.45, 2.75) is 26.4 Å². The Morgan fingerprint density at radius 3 is 2.38 bits per heavy atom. The van der Waals surface area contributed by atoms with Crippen molar-refractivity contribution in [2.75, 3.05) is 35.7 Å². The van der Waals surface area contributed by atoms with Crippen molar-refractivity contribution >= 4 is 23.4 Å². The number of alkyl halides is 3. The molecule has 0 aliphatic rings. The van der Waals surface area contributed by atoms with Crippen LogP contribution in [0.5, 0.6) is 0 Å². The van der Waals surface area contributed by atoms with Gasteiger partial charge < -0.3 is 10.6 Å². The van der Waals surface area contributed by atoms with Crippen molar-refractivity contribution in [2.24, 2.45) is 5.92 Å². The van der Waals surface area contributed by atoms with Gasteiger partial charge in [0.05, 0.1) is 5.56 Å². The summed E-state index contributed by atoms with van der Waals surface area (Å²) in [5, 5.41) is 5.90. The second-order valence-electron chi connectivity index (χ2n) is 4.99. The summed E-state index contributed by atoms with van der Waals surface area (Å²) in [4.78, 5) is 4.19. The molecule has 1 heterocycles. The minimum absolute atomic E-state index is 0.256. The third-order valence-electron chi connectivity index (χ3n) is 2.79. The van der Waals surface area contributed by atoms with Crippen LogP contribution < -0.4 is 10.6 Å². The van der Waals surface area contributed by atoms with Gasteiger partial charge in [0.25, 0.3) is 0 Å². The number of rotatable bonds is 8. The number of thioether (sulfide) groups is 1. The van der Waals surface area contributed by atoms with Crippen LogP contribution >= 0.6 is 11.8 Å². The SMILES string of the molecule is CCCNc1cc(C(F)(F)F)cc(NCC(C)CSC)n1. The number of nitrogens with one attached hydrogen (secondary N) is 2. The van der Waals surface area contributed by atoms with Crippen molar-refractivity contribution in [3.05, 3.63) is 17.7 Å². The first kappa shape index (κ1) is 17.9. The Balaban J connectivity index is 2.85. The molecule has 21 heavy (non-hydrogen) atoms. The highest BCUT2D eigenvalue weighted by Gasteiger charge is 2.31. The summed E-state index contributed by atoms with van der Waals surface area (Å²) in [5.74, 6) is 1.83. The summed E-state index contributed by atoms with van der Waals surface area (Å²) in [7, 11) is 0. The molecular formula is C14H22F3N3S. The van der Waals surface area contributed by atoms with Crippen LogP contribution in [0, 0.1) is 5.92 Å². The molecule has 1 atom stereocenters. The lowest BCUT2D eigenvalue weighted by Gasteiger charge is -2.15. The summed E-state index contributed by atoms with van der Waals surface area (Å²) < 4.78 is 38.7. The van der Waals surface area contributed by atoms with Crippen molar-refractivity contribution in [3.63, 3.8) is 0 Å². The molecule has 120 valence electrons. The van der Waals surface area contributed by atoms with Crippen molar-refractivity contribution < 1.29 is 13.2 Å². The van der Waals surface area contributed by atoms with Gasteiger partial charge in [0.2, 0.25) is 0 Å². The molecule has 0 amide bonds. The summed E-state index contributed by atoms with van der Waals surface area (Å²) in [6, 6.07) is 2.11. The lowest BCUT2D eigenvalue weighted by atomic mass is 10.2. The van der Waals surface area contributed by atoms with Gasteiger partial charge in [-0.15, -0.1) is 0 Å². The van der Waals surface area contributed by atoms with E-state index in [1.807, 2.05) is 20.1 Å². The Labute approximate surface area is 128 Å². The Bertz CT molecular complexity index is 438. The zero-order chi connectivity index (χ0) is 15.9. The molecule has 1 unspecified atom stereocenters. The molecule has 0 fully saturated rings. The number of hydrogen-bond donors (Lipinski definition) is 2. The van der Waals surface area contributed by atoms with Gasteiger partial charge in [0.15, 0.2) is 0 Å². The van der Waals surface area contributed by atoms with Crippen molar-refractivity contribution in [1.82, 2.24) is 4.98 Å². The minimum Gasteiger partial charge on any atom is -0.370 e. The van der Waals surface area contributed by atoms with Crippen LogP contribution in [0.4, 0.5) is 24.8 Å². The van der Waals surface area contributed by atoms with E-state index in [1.165, 1.54) is 0 Å². The number of hydrogen-bond acceptors (Lipinski definition) is 4. The van der Waals surface area contributed by atoms with Crippen LogP contribution in [-0.2, 0) is 6.18 Å². The summed E-state index contributed by atoms with van der Waals surface area (Å²) in [5.41, 5.74) is -0.684. The topological polar surface area (TPSA) is 37.0 Å². The van der Waals surface area contributed by atoms with Crippen LogP contribution in [0.1, 0.15) is 25.8 Å². The van der Waals surface area contributed by atoms with Crippen LogP contribution in [0.3, 0.4) is 0 Å². The zero-order valence-electron chi connectivity index (χ0n) is 12.5. The third-order valence-corrected chi connectivity index (χ3v) is 3.69. The van der Waals surface area contributed by atoms with Gasteiger partial charge in [-0.25, -0.2) is 4.98 Å². The van der Waals surface area contributed by atoms with Crippen LogP contribution in [0.2, 0.25) is 0 Å². The first-order valence-electron chi connectivity index (χ1n) is 6.92. The summed E-state index contributed by atoms with van der Waals surface area (Å²) >= 11 is 1.71.